The number of rotatable bonds is 2. The monoisotopic (exact) mass is 323 g/mol. The fourth-order valence-corrected chi connectivity index (χ4v) is 2.67. The summed E-state index contributed by atoms with van der Waals surface area (Å²) < 4.78 is 17.5. The molecular weight excluding hydrogens is 293 g/mol. The lowest BCUT2D eigenvalue weighted by atomic mass is 9.72. The van der Waals surface area contributed by atoms with Gasteiger partial charge in [-0.25, -0.2) is 4.79 Å². The zero-order chi connectivity index (χ0) is 17.5. The first-order valence-corrected chi connectivity index (χ1v) is 8.44. The van der Waals surface area contributed by atoms with Crippen molar-refractivity contribution in [3.05, 3.63) is 11.5 Å². The van der Waals surface area contributed by atoms with Gasteiger partial charge >= 0.3 is 13.2 Å². The largest absolute Gasteiger partial charge is 0.490 e. The van der Waals surface area contributed by atoms with E-state index in [1.807, 2.05) is 20.8 Å². The fraction of sp³-hybridized carbons (Fsp3) is 0.824. The van der Waals surface area contributed by atoms with Gasteiger partial charge in [0.25, 0.3) is 0 Å². The van der Waals surface area contributed by atoms with Gasteiger partial charge in [-0.1, -0.05) is 6.08 Å². The van der Waals surface area contributed by atoms with E-state index in [1.54, 1.807) is 0 Å². The zero-order valence-corrected chi connectivity index (χ0v) is 15.5. The number of nitrogens with one attached hydrogen (secondary N) is 1. The summed E-state index contributed by atoms with van der Waals surface area (Å²) >= 11 is 0. The van der Waals surface area contributed by atoms with Crippen LogP contribution in [-0.2, 0) is 14.0 Å². The first-order valence-electron chi connectivity index (χ1n) is 8.44. The number of amides is 1. The highest BCUT2D eigenvalue weighted by Gasteiger charge is 2.52. The summed E-state index contributed by atoms with van der Waals surface area (Å²) in [6, 6.07) is 0.107. The van der Waals surface area contributed by atoms with Crippen molar-refractivity contribution in [2.45, 2.75) is 90.6 Å². The Hall–Kier alpha value is -1.01. The van der Waals surface area contributed by atoms with Crippen molar-refractivity contribution in [2.75, 3.05) is 0 Å². The van der Waals surface area contributed by atoms with Gasteiger partial charge in [0.15, 0.2) is 0 Å². The minimum atomic E-state index is -0.470. The first kappa shape index (κ1) is 18.3. The van der Waals surface area contributed by atoms with Crippen molar-refractivity contribution in [1.29, 1.82) is 0 Å². The van der Waals surface area contributed by atoms with E-state index in [-0.39, 0.29) is 30.5 Å². The second kappa shape index (κ2) is 6.13. The molecule has 2 rings (SSSR count). The summed E-state index contributed by atoms with van der Waals surface area (Å²) in [4.78, 5) is 11.8. The zero-order valence-electron chi connectivity index (χ0n) is 15.5. The summed E-state index contributed by atoms with van der Waals surface area (Å²) in [5.74, 6) is 0. The Morgan fingerprint density at radius 3 is 2.26 bits per heavy atom. The summed E-state index contributed by atoms with van der Waals surface area (Å²) in [6.45, 7) is 13.8. The third-order valence-electron chi connectivity index (χ3n) is 4.72. The van der Waals surface area contributed by atoms with Crippen LogP contribution in [0.2, 0.25) is 0 Å². The summed E-state index contributed by atoms with van der Waals surface area (Å²) in [6.07, 6.45) is 4.29. The molecule has 0 radical (unpaired) electrons. The van der Waals surface area contributed by atoms with E-state index in [1.165, 1.54) is 5.47 Å². The van der Waals surface area contributed by atoms with Crippen LogP contribution in [0.15, 0.2) is 11.5 Å². The Morgan fingerprint density at radius 1 is 1.26 bits per heavy atom. The molecule has 0 aromatic rings. The molecule has 130 valence electrons. The molecule has 6 heteroatoms. The predicted molar refractivity (Wildman–Crippen MR) is 91.2 cm³/mol. The van der Waals surface area contributed by atoms with Crippen molar-refractivity contribution in [2.24, 2.45) is 0 Å². The van der Waals surface area contributed by atoms with Gasteiger partial charge in [0.1, 0.15) is 5.60 Å². The Bertz CT molecular complexity index is 477. The summed E-state index contributed by atoms with van der Waals surface area (Å²) in [5.41, 5.74) is 0.0716. The molecule has 23 heavy (non-hydrogen) atoms. The lowest BCUT2D eigenvalue weighted by molar-refractivity contribution is 0.00578. The van der Waals surface area contributed by atoms with Crippen molar-refractivity contribution < 1.29 is 18.8 Å². The molecule has 5 nitrogen and oxygen atoms in total. The lowest BCUT2D eigenvalue weighted by Crippen LogP contribution is -2.41. The molecule has 1 N–H and O–H groups in total. The van der Waals surface area contributed by atoms with Gasteiger partial charge in [0, 0.05) is 6.04 Å². The number of alkyl carbamates (subject to hydrolysis) is 1. The van der Waals surface area contributed by atoms with E-state index >= 15 is 0 Å². The Morgan fingerprint density at radius 2 is 1.83 bits per heavy atom. The van der Waals surface area contributed by atoms with Crippen LogP contribution < -0.4 is 5.32 Å². The maximum atomic E-state index is 11.8. The highest BCUT2D eigenvalue weighted by Crippen LogP contribution is 2.40. The lowest BCUT2D eigenvalue weighted by Gasteiger charge is -2.32. The Kier molecular flexibility index (Phi) is 4.89. The van der Waals surface area contributed by atoms with Crippen LogP contribution in [0, 0.1) is 0 Å². The quantitative estimate of drug-likeness (QED) is 0.789. The topological polar surface area (TPSA) is 56.8 Å². The third kappa shape index (κ3) is 4.51. The summed E-state index contributed by atoms with van der Waals surface area (Å²) in [7, 11) is -0.275. The molecule has 1 atom stereocenters. The molecule has 1 aliphatic heterocycles. The molecule has 1 saturated heterocycles. The smallest absolute Gasteiger partial charge is 0.444 e. The Balaban J connectivity index is 1.89. The third-order valence-corrected chi connectivity index (χ3v) is 4.72. The van der Waals surface area contributed by atoms with Crippen LogP contribution in [0.4, 0.5) is 4.79 Å². The van der Waals surface area contributed by atoms with Gasteiger partial charge in [-0.2, -0.15) is 0 Å². The molecule has 0 unspecified atom stereocenters. The molecular formula is C17H30BNO4. The molecule has 2 aliphatic rings. The highest BCUT2D eigenvalue weighted by atomic mass is 16.7. The van der Waals surface area contributed by atoms with Crippen LogP contribution in [-0.4, -0.2) is 36.1 Å². The van der Waals surface area contributed by atoms with Crippen LogP contribution in [0.5, 0.6) is 0 Å². The summed E-state index contributed by atoms with van der Waals surface area (Å²) in [5, 5.41) is 2.93. The maximum Gasteiger partial charge on any atom is 0.490 e. The van der Waals surface area contributed by atoms with E-state index in [0.29, 0.717) is 0 Å². The second-order valence-corrected chi connectivity index (χ2v) is 8.48. The second-order valence-electron chi connectivity index (χ2n) is 8.48. The van der Waals surface area contributed by atoms with E-state index < -0.39 is 5.60 Å². The van der Waals surface area contributed by atoms with Crippen LogP contribution in [0.25, 0.3) is 0 Å². The normalized spacial score (nSPS) is 26.7. The van der Waals surface area contributed by atoms with Gasteiger partial charge in [-0.3, -0.25) is 0 Å². The van der Waals surface area contributed by atoms with Gasteiger partial charge < -0.3 is 19.4 Å². The average molecular weight is 323 g/mol. The highest BCUT2D eigenvalue weighted by molar-refractivity contribution is 6.54. The minimum Gasteiger partial charge on any atom is -0.444 e. The molecule has 1 fully saturated rings. The SMILES string of the molecule is CC(C)(C)OC(=O)N[C@@H]1CC=C(B2OC(C)(C)C(C)(C)O2)CC1. The van der Waals surface area contributed by atoms with Gasteiger partial charge in [0.2, 0.25) is 0 Å². The van der Waals surface area contributed by atoms with E-state index in [9.17, 15) is 4.79 Å². The molecule has 0 aromatic heterocycles. The molecule has 1 aliphatic carbocycles. The number of hydrogen-bond donors (Lipinski definition) is 1. The predicted octanol–water partition coefficient (Wildman–Crippen LogP) is 3.62. The number of allylic oxidation sites excluding steroid dienone is 1. The number of carbonyl (C=O) groups excluding carboxylic acids is 1. The van der Waals surface area contributed by atoms with E-state index in [2.05, 4.69) is 39.1 Å². The molecule has 1 heterocycles. The van der Waals surface area contributed by atoms with Gasteiger partial charge in [-0.15, -0.1) is 0 Å². The van der Waals surface area contributed by atoms with Crippen molar-refractivity contribution in [3.63, 3.8) is 0 Å². The Labute approximate surface area is 140 Å². The first-order chi connectivity index (χ1) is 10.4. The van der Waals surface area contributed by atoms with Crippen molar-refractivity contribution in [3.8, 4) is 0 Å². The standard InChI is InChI=1S/C17H30BNO4/c1-15(2,3)21-14(20)19-13-10-8-12(9-11-13)18-22-16(4,5)17(6,7)23-18/h8,13H,9-11H2,1-7H3,(H,19,20)/t13-/m1/s1. The van der Waals surface area contributed by atoms with Gasteiger partial charge in [-0.05, 0) is 73.2 Å². The minimum absolute atomic E-state index is 0.107. The molecule has 0 spiro atoms. The molecule has 1 amide bonds. The van der Waals surface area contributed by atoms with Crippen LogP contribution in [0.1, 0.15) is 67.7 Å². The molecule has 0 saturated carbocycles. The maximum absolute atomic E-state index is 11.8. The van der Waals surface area contributed by atoms with Gasteiger partial charge in [0.05, 0.1) is 11.2 Å². The number of hydrogen-bond acceptors (Lipinski definition) is 4. The molecule has 0 aromatic carbocycles. The van der Waals surface area contributed by atoms with Crippen LogP contribution >= 0.6 is 0 Å². The number of ether oxygens (including phenoxy) is 1. The fourth-order valence-electron chi connectivity index (χ4n) is 2.67. The van der Waals surface area contributed by atoms with E-state index in [4.69, 9.17) is 14.0 Å². The average Bonchev–Trinajstić information content (AvgIpc) is 2.56. The molecule has 0 bridgehead atoms. The van der Waals surface area contributed by atoms with Crippen LogP contribution in [0.3, 0.4) is 0 Å². The van der Waals surface area contributed by atoms with Crippen molar-refractivity contribution >= 4 is 13.2 Å². The van der Waals surface area contributed by atoms with Crippen molar-refractivity contribution in [1.82, 2.24) is 5.32 Å². The number of carbonyl (C=O) groups is 1. The van der Waals surface area contributed by atoms with E-state index in [0.717, 1.165) is 19.3 Å².